The van der Waals surface area contributed by atoms with Crippen LogP contribution < -0.4 is 4.72 Å². The largest absolute Gasteiger partial charge is 0.588 e. The van der Waals surface area contributed by atoms with Crippen molar-refractivity contribution in [1.29, 1.82) is 0 Å². The first kappa shape index (κ1) is 13.6. The Morgan fingerprint density at radius 3 is 2.61 bits per heavy atom. The monoisotopic (exact) mass is 299 g/mol. The predicted molar refractivity (Wildman–Crippen MR) is 77.7 cm³/mol. The van der Waals surface area contributed by atoms with Crippen LogP contribution in [0.2, 0.25) is 10.0 Å². The van der Waals surface area contributed by atoms with Crippen LogP contribution in [0.1, 0.15) is 5.56 Å². The van der Waals surface area contributed by atoms with Gasteiger partial charge in [0.2, 0.25) is 0 Å². The third kappa shape index (κ3) is 3.33. The summed E-state index contributed by atoms with van der Waals surface area (Å²) in [4.78, 5) is 0.477. The van der Waals surface area contributed by atoms with Gasteiger partial charge in [-0.1, -0.05) is 35.3 Å². The first-order chi connectivity index (χ1) is 8.56. The molecule has 2 aromatic rings. The van der Waals surface area contributed by atoms with Crippen LogP contribution in [-0.2, 0) is 11.4 Å². The summed E-state index contributed by atoms with van der Waals surface area (Å²) in [6.45, 7) is 1.97. The van der Waals surface area contributed by atoms with Gasteiger partial charge in [0.05, 0.1) is 10.7 Å². The van der Waals surface area contributed by atoms with E-state index in [0.29, 0.717) is 14.9 Å². The summed E-state index contributed by atoms with van der Waals surface area (Å²) < 4.78 is 15.1. The average Bonchev–Trinajstić information content (AvgIpc) is 2.32. The molecule has 0 saturated carbocycles. The Bertz CT molecular complexity index is 562. The average molecular weight is 300 g/mol. The quantitative estimate of drug-likeness (QED) is 0.851. The maximum Gasteiger partial charge on any atom is 0.199 e. The highest BCUT2D eigenvalue weighted by Gasteiger charge is 2.16. The highest BCUT2D eigenvalue weighted by Crippen LogP contribution is 2.26. The minimum absolute atomic E-state index is 0.429. The van der Waals surface area contributed by atoms with E-state index < -0.39 is 11.4 Å². The first-order valence-electron chi connectivity index (χ1n) is 5.26. The Labute approximate surface area is 119 Å². The molecule has 0 radical (unpaired) electrons. The second-order valence-electron chi connectivity index (χ2n) is 3.82. The van der Waals surface area contributed by atoms with Crippen molar-refractivity contribution in [2.24, 2.45) is 0 Å². The second-order valence-corrected chi connectivity index (χ2v) is 5.84. The van der Waals surface area contributed by atoms with Crippen molar-refractivity contribution in [2.75, 3.05) is 4.72 Å². The van der Waals surface area contributed by atoms with Crippen LogP contribution in [-0.4, -0.2) is 4.55 Å². The van der Waals surface area contributed by atoms with Crippen molar-refractivity contribution in [1.82, 2.24) is 0 Å². The normalized spacial score (nSPS) is 12.2. The Kier molecular flexibility index (Phi) is 4.40. The zero-order valence-corrected chi connectivity index (χ0v) is 11.9. The van der Waals surface area contributed by atoms with E-state index in [1.807, 2.05) is 31.2 Å². The van der Waals surface area contributed by atoms with Crippen molar-refractivity contribution in [3.05, 3.63) is 58.1 Å². The van der Waals surface area contributed by atoms with E-state index in [0.717, 1.165) is 11.3 Å². The molecule has 0 spiro atoms. The topological polar surface area (TPSA) is 35.1 Å². The van der Waals surface area contributed by atoms with Gasteiger partial charge in [0.15, 0.2) is 4.90 Å². The van der Waals surface area contributed by atoms with Gasteiger partial charge in [-0.15, -0.1) is 0 Å². The smallest absolute Gasteiger partial charge is 0.199 e. The van der Waals surface area contributed by atoms with Gasteiger partial charge in [-0.3, -0.25) is 0 Å². The van der Waals surface area contributed by atoms with E-state index in [9.17, 15) is 4.55 Å². The van der Waals surface area contributed by atoms with Gasteiger partial charge in [-0.05, 0) is 36.8 Å². The fourth-order valence-electron chi connectivity index (χ4n) is 1.49. The van der Waals surface area contributed by atoms with Crippen LogP contribution in [0.25, 0.3) is 0 Å². The molecule has 0 heterocycles. The Balaban J connectivity index is 2.21. The number of hydrogen-bond donors (Lipinski definition) is 1. The van der Waals surface area contributed by atoms with E-state index in [2.05, 4.69) is 4.72 Å². The summed E-state index contributed by atoms with van der Waals surface area (Å²) >= 11 is 10.4. The van der Waals surface area contributed by atoms with Crippen LogP contribution in [0.5, 0.6) is 0 Å². The van der Waals surface area contributed by atoms with E-state index in [1.165, 1.54) is 0 Å². The number of halogens is 2. The number of hydrogen-bond acceptors (Lipinski definition) is 2. The van der Waals surface area contributed by atoms with Gasteiger partial charge < -0.3 is 4.55 Å². The molecule has 2 aromatic carbocycles. The third-order valence-corrected chi connectivity index (χ3v) is 4.16. The molecule has 94 valence electrons. The lowest BCUT2D eigenvalue weighted by molar-refractivity contribution is 0.600. The van der Waals surface area contributed by atoms with E-state index >= 15 is 0 Å². The highest BCUT2D eigenvalue weighted by molar-refractivity contribution is 7.92. The summed E-state index contributed by atoms with van der Waals surface area (Å²) in [6.07, 6.45) is 0. The van der Waals surface area contributed by atoms with Crippen molar-refractivity contribution in [3.63, 3.8) is 0 Å². The molecule has 1 atom stereocenters. The van der Waals surface area contributed by atoms with Crippen LogP contribution in [0, 0.1) is 6.92 Å². The molecule has 0 bridgehead atoms. The molecule has 1 N–H and O–H groups in total. The lowest BCUT2D eigenvalue weighted by atomic mass is 10.2. The fourth-order valence-corrected chi connectivity index (χ4v) is 2.98. The molecule has 0 aliphatic carbocycles. The molecule has 0 aromatic heterocycles. The Morgan fingerprint density at radius 2 is 1.89 bits per heavy atom. The first-order valence-corrected chi connectivity index (χ1v) is 7.17. The number of nitrogens with one attached hydrogen (secondary N) is 1. The van der Waals surface area contributed by atoms with Gasteiger partial charge in [-0.25, -0.2) is 4.72 Å². The standard InChI is InChI=1S/C13H11Cl2NOS/c1-9-3-2-4-11(7-9)16-18(17)13-8-10(14)5-6-12(13)15/h2-8,16H,1H3. The molecule has 18 heavy (non-hydrogen) atoms. The number of anilines is 1. The van der Waals surface area contributed by atoms with Crippen molar-refractivity contribution in [3.8, 4) is 0 Å². The summed E-state index contributed by atoms with van der Waals surface area (Å²) in [7, 11) is 0. The molecular weight excluding hydrogens is 289 g/mol. The minimum Gasteiger partial charge on any atom is -0.588 e. The summed E-state index contributed by atoms with van der Waals surface area (Å²) in [5.41, 5.74) is 1.87. The van der Waals surface area contributed by atoms with Crippen LogP contribution in [0.3, 0.4) is 0 Å². The molecule has 0 aliphatic rings. The maximum atomic E-state index is 12.2. The molecule has 0 saturated heterocycles. The zero-order chi connectivity index (χ0) is 13.1. The molecule has 0 amide bonds. The van der Waals surface area contributed by atoms with Gasteiger partial charge in [0, 0.05) is 11.1 Å². The van der Waals surface area contributed by atoms with Gasteiger partial charge in [0.25, 0.3) is 0 Å². The number of benzene rings is 2. The molecular formula is C13H11Cl2NOS. The van der Waals surface area contributed by atoms with Crippen molar-refractivity contribution < 1.29 is 4.55 Å². The Morgan fingerprint density at radius 1 is 1.11 bits per heavy atom. The second kappa shape index (κ2) is 5.85. The van der Waals surface area contributed by atoms with E-state index in [4.69, 9.17) is 23.2 Å². The lowest BCUT2D eigenvalue weighted by Gasteiger charge is -2.13. The Hall–Kier alpha value is -0.870. The lowest BCUT2D eigenvalue weighted by Crippen LogP contribution is -2.13. The minimum atomic E-state index is -1.43. The molecule has 0 fully saturated rings. The van der Waals surface area contributed by atoms with Crippen LogP contribution in [0.15, 0.2) is 47.4 Å². The van der Waals surface area contributed by atoms with E-state index in [-0.39, 0.29) is 0 Å². The highest BCUT2D eigenvalue weighted by atomic mass is 35.5. The summed E-state index contributed by atoms with van der Waals surface area (Å²) in [5.74, 6) is 0. The molecule has 0 aliphatic heterocycles. The maximum absolute atomic E-state index is 12.2. The van der Waals surface area contributed by atoms with Crippen LogP contribution >= 0.6 is 23.2 Å². The SMILES string of the molecule is Cc1cccc(N[S+]([O-])c2cc(Cl)ccc2Cl)c1. The number of rotatable bonds is 3. The van der Waals surface area contributed by atoms with E-state index in [1.54, 1.807) is 18.2 Å². The summed E-state index contributed by atoms with van der Waals surface area (Å²) in [5, 5.41) is 0.937. The fraction of sp³-hybridized carbons (Fsp3) is 0.0769. The summed E-state index contributed by atoms with van der Waals surface area (Å²) in [6, 6.07) is 12.5. The van der Waals surface area contributed by atoms with Crippen LogP contribution in [0.4, 0.5) is 5.69 Å². The zero-order valence-electron chi connectivity index (χ0n) is 9.61. The molecule has 2 rings (SSSR count). The van der Waals surface area contributed by atoms with Gasteiger partial charge in [-0.2, -0.15) is 0 Å². The number of aryl methyl sites for hydroxylation is 1. The third-order valence-electron chi connectivity index (χ3n) is 2.32. The van der Waals surface area contributed by atoms with Gasteiger partial charge in [0.1, 0.15) is 11.4 Å². The molecule has 1 unspecified atom stereocenters. The predicted octanol–water partition coefficient (Wildman–Crippen LogP) is 4.44. The molecule has 5 heteroatoms. The molecule has 2 nitrogen and oxygen atoms in total. The van der Waals surface area contributed by atoms with Crippen molar-refractivity contribution >= 4 is 40.3 Å². The van der Waals surface area contributed by atoms with Gasteiger partial charge >= 0.3 is 0 Å². The van der Waals surface area contributed by atoms with Crippen molar-refractivity contribution in [2.45, 2.75) is 11.8 Å².